The minimum Gasteiger partial charge on any atom is -0.497 e. The zero-order valence-electron chi connectivity index (χ0n) is 25.9. The van der Waals surface area contributed by atoms with Crippen LogP contribution in [0.4, 0.5) is 0 Å². The molecule has 0 spiro atoms. The van der Waals surface area contributed by atoms with E-state index < -0.39 is 5.41 Å². The Kier molecular flexibility index (Phi) is 16.4. The van der Waals surface area contributed by atoms with Crippen LogP contribution in [0.3, 0.4) is 0 Å². The molecule has 2 aromatic rings. The first-order valence-electron chi connectivity index (χ1n) is 14.7. The normalized spacial score (nSPS) is 12.1. The minimum absolute atomic E-state index is 0.0319. The van der Waals surface area contributed by atoms with Gasteiger partial charge in [0.2, 0.25) is 0 Å². The van der Waals surface area contributed by atoms with Crippen molar-refractivity contribution in [3.8, 4) is 11.5 Å². The Labute approximate surface area is 258 Å². The van der Waals surface area contributed by atoms with Gasteiger partial charge < -0.3 is 18.9 Å². The molecule has 0 aliphatic heterocycles. The second kappa shape index (κ2) is 20.0. The van der Waals surface area contributed by atoms with Crippen LogP contribution < -0.4 is 9.47 Å². The van der Waals surface area contributed by atoms with Crippen LogP contribution in [0.5, 0.6) is 11.5 Å². The van der Waals surface area contributed by atoms with Gasteiger partial charge in [-0.15, -0.1) is 0 Å². The fourth-order valence-corrected chi connectivity index (χ4v) is 4.60. The lowest BCUT2D eigenvalue weighted by Crippen LogP contribution is -2.30. The van der Waals surface area contributed by atoms with Gasteiger partial charge in [-0.2, -0.15) is 0 Å². The van der Waals surface area contributed by atoms with Gasteiger partial charge in [-0.25, -0.2) is 0 Å². The molecule has 2 aromatic carbocycles. The predicted octanol–water partition coefficient (Wildman–Crippen LogP) is 5.80. The third kappa shape index (κ3) is 14.9. The Morgan fingerprint density at radius 1 is 0.705 bits per heavy atom. The summed E-state index contributed by atoms with van der Waals surface area (Å²) in [5.41, 5.74) is 9.38. The maximum absolute atomic E-state index is 13.0. The minimum atomic E-state index is -0.808. The molecule has 0 aromatic heterocycles. The molecule has 11 nitrogen and oxygen atoms in total. The molecule has 0 radical (unpaired) electrons. The first-order valence-corrected chi connectivity index (χ1v) is 14.7. The van der Waals surface area contributed by atoms with Gasteiger partial charge in [-0.3, -0.25) is 19.2 Å². The number of Topliss-reactive ketones (excluding diaryl/α,β-unsaturated/α-hetero) is 4. The van der Waals surface area contributed by atoms with Gasteiger partial charge >= 0.3 is 0 Å². The van der Waals surface area contributed by atoms with Crippen molar-refractivity contribution in [3.05, 3.63) is 70.1 Å². The molecule has 0 saturated carbocycles. The Balaban J connectivity index is 1.87. The number of methoxy groups -OCH3 is 2. The lowest BCUT2D eigenvalue weighted by molar-refractivity contribution is -0.129. The molecule has 238 valence electrons. The number of ketones is 4. The van der Waals surface area contributed by atoms with Gasteiger partial charge in [0.15, 0.2) is 0 Å². The number of benzene rings is 2. The molecule has 1 atom stereocenters. The summed E-state index contributed by atoms with van der Waals surface area (Å²) in [5, 5.41) is 3.35. The van der Waals surface area contributed by atoms with E-state index in [2.05, 4.69) is 10.0 Å². The van der Waals surface area contributed by atoms with E-state index in [0.717, 1.165) is 16.9 Å². The molecular formula is C33H43N3O8. The molecule has 0 saturated heterocycles. The molecule has 0 fully saturated rings. The van der Waals surface area contributed by atoms with Gasteiger partial charge in [-0.05, 0) is 40.9 Å². The van der Waals surface area contributed by atoms with Crippen molar-refractivity contribution in [3.63, 3.8) is 0 Å². The second-order valence-electron chi connectivity index (χ2n) is 11.0. The highest BCUT2D eigenvalue weighted by Crippen LogP contribution is 2.29. The van der Waals surface area contributed by atoms with E-state index >= 15 is 0 Å². The van der Waals surface area contributed by atoms with Crippen LogP contribution in [-0.4, -0.2) is 63.7 Å². The molecule has 0 bridgehead atoms. The van der Waals surface area contributed by atoms with Gasteiger partial charge in [0.1, 0.15) is 34.6 Å². The molecule has 11 heteroatoms. The predicted molar refractivity (Wildman–Crippen MR) is 165 cm³/mol. The number of hydrogen-bond donors (Lipinski definition) is 0. The largest absolute Gasteiger partial charge is 0.497 e. The summed E-state index contributed by atoms with van der Waals surface area (Å²) < 4.78 is 21.8. The average Bonchev–Trinajstić information content (AvgIpc) is 3.01. The van der Waals surface area contributed by atoms with Crippen molar-refractivity contribution < 1.29 is 38.1 Å². The quantitative estimate of drug-likeness (QED) is 0.0626. The van der Waals surface area contributed by atoms with E-state index in [1.54, 1.807) is 26.4 Å². The van der Waals surface area contributed by atoms with Gasteiger partial charge in [0, 0.05) is 68.2 Å². The highest BCUT2D eigenvalue weighted by molar-refractivity contribution is 5.89. The van der Waals surface area contributed by atoms with E-state index in [9.17, 15) is 19.2 Å². The molecule has 0 heterocycles. The summed E-state index contributed by atoms with van der Waals surface area (Å²) in [6, 6.07) is 14.8. The summed E-state index contributed by atoms with van der Waals surface area (Å²) in [5.74, 6) is 0.962. The zero-order chi connectivity index (χ0) is 32.2. The molecule has 44 heavy (non-hydrogen) atoms. The van der Waals surface area contributed by atoms with Crippen LogP contribution in [0, 0.1) is 5.41 Å². The summed E-state index contributed by atoms with van der Waals surface area (Å²) in [6.45, 7) is 3.00. The summed E-state index contributed by atoms with van der Waals surface area (Å²) >= 11 is 0. The van der Waals surface area contributed by atoms with Gasteiger partial charge in [0.05, 0.1) is 40.6 Å². The van der Waals surface area contributed by atoms with Crippen LogP contribution in [0.2, 0.25) is 0 Å². The van der Waals surface area contributed by atoms with Crippen LogP contribution in [0.15, 0.2) is 53.6 Å². The van der Waals surface area contributed by atoms with Gasteiger partial charge in [-0.1, -0.05) is 36.3 Å². The maximum Gasteiger partial charge on any atom is 0.137 e. The fraction of sp³-hybridized carbons (Fsp3) is 0.515. The molecule has 1 unspecified atom stereocenters. The Morgan fingerprint density at radius 2 is 1.20 bits per heavy atom. The van der Waals surface area contributed by atoms with Crippen LogP contribution in [0.1, 0.15) is 63.0 Å². The van der Waals surface area contributed by atoms with Crippen molar-refractivity contribution in [2.24, 2.45) is 10.5 Å². The van der Waals surface area contributed by atoms with E-state index in [1.165, 1.54) is 0 Å². The maximum atomic E-state index is 13.0. The van der Waals surface area contributed by atoms with E-state index in [1.807, 2.05) is 43.3 Å². The molecule has 0 amide bonds. The van der Waals surface area contributed by atoms with Crippen LogP contribution in [0.25, 0.3) is 10.4 Å². The summed E-state index contributed by atoms with van der Waals surface area (Å²) in [7, 11) is 3.18. The topological polar surface area (TPSA) is 154 Å². The highest BCUT2D eigenvalue weighted by atomic mass is 16.5. The first kappa shape index (κ1) is 36.1. The van der Waals surface area contributed by atoms with Crippen molar-refractivity contribution in [1.82, 2.24) is 0 Å². The van der Waals surface area contributed by atoms with E-state index in [-0.39, 0.29) is 94.3 Å². The number of carbonyl (C=O) groups excluding carboxylic acids is 4. The molecule has 0 aliphatic rings. The Bertz CT molecular complexity index is 1260. The molecule has 0 N–H and O–H groups in total. The third-order valence-electron chi connectivity index (χ3n) is 6.98. The van der Waals surface area contributed by atoms with Crippen LogP contribution in [-0.2, 0) is 41.7 Å². The monoisotopic (exact) mass is 609 g/mol. The number of rotatable bonds is 24. The first-order chi connectivity index (χ1) is 21.2. The number of nitrogens with zero attached hydrogens (tertiary/aromatic N) is 3. The number of azide groups is 1. The van der Waals surface area contributed by atoms with Gasteiger partial charge in [0.25, 0.3) is 0 Å². The Hall–Kier alpha value is -4.05. The van der Waals surface area contributed by atoms with Crippen molar-refractivity contribution in [2.45, 2.75) is 64.9 Å². The third-order valence-corrected chi connectivity index (χ3v) is 6.98. The molecule has 0 aliphatic carbocycles. The van der Waals surface area contributed by atoms with Crippen molar-refractivity contribution >= 4 is 23.1 Å². The molecule has 2 rings (SSSR count). The molecular weight excluding hydrogens is 566 g/mol. The van der Waals surface area contributed by atoms with Crippen molar-refractivity contribution in [1.29, 1.82) is 0 Å². The van der Waals surface area contributed by atoms with E-state index in [4.69, 9.17) is 24.5 Å². The van der Waals surface area contributed by atoms with E-state index in [0.29, 0.717) is 19.0 Å². The standard InChI is InChI=1S/C33H43N3O8/c1-33(21-29(39)10-8-27(37)16-17-35-36-34,24-44-19-18-43-23-26-6-14-32(42-3)15-7-26)22-30(40)11-9-28(38)20-25-4-12-31(41-2)13-5-25/h4-7,12-15H,8-11,16-24H2,1-3H3. The number of ether oxygens (including phenoxy) is 4. The SMILES string of the molecule is COc1ccc(COCCOCC(C)(CC(=O)CCC(=O)CCN=[N+]=[N-])CC(=O)CCC(=O)Cc2ccc(OC)cc2)cc1. The summed E-state index contributed by atoms with van der Waals surface area (Å²) in [4.78, 5) is 53.0. The fourth-order valence-electron chi connectivity index (χ4n) is 4.60. The zero-order valence-corrected chi connectivity index (χ0v) is 25.9. The van der Waals surface area contributed by atoms with Crippen LogP contribution >= 0.6 is 0 Å². The van der Waals surface area contributed by atoms with Crippen molar-refractivity contribution in [2.75, 3.05) is 40.6 Å². The smallest absolute Gasteiger partial charge is 0.137 e. The number of carbonyl (C=O) groups is 4. The summed E-state index contributed by atoms with van der Waals surface area (Å²) in [6.07, 6.45) is 0.669. The average molecular weight is 610 g/mol. The second-order valence-corrected chi connectivity index (χ2v) is 11.0. The highest BCUT2D eigenvalue weighted by Gasteiger charge is 2.31. The Morgan fingerprint density at radius 3 is 1.75 bits per heavy atom. The lowest BCUT2D eigenvalue weighted by Gasteiger charge is -2.28. The number of hydrogen-bond acceptors (Lipinski definition) is 9. The lowest BCUT2D eigenvalue weighted by atomic mass is 9.79.